The first kappa shape index (κ1) is 17.0. The van der Waals surface area contributed by atoms with Crippen molar-refractivity contribution in [1.29, 1.82) is 0 Å². The van der Waals surface area contributed by atoms with E-state index in [-0.39, 0.29) is 5.91 Å². The van der Waals surface area contributed by atoms with Crippen LogP contribution in [0.5, 0.6) is 0 Å². The summed E-state index contributed by atoms with van der Waals surface area (Å²) < 4.78 is 0. The molecular weight excluding hydrogens is 334 g/mol. The first-order valence-corrected chi connectivity index (χ1v) is 10.4. The van der Waals surface area contributed by atoms with Crippen LogP contribution in [0.3, 0.4) is 0 Å². The molecule has 0 radical (unpaired) electrons. The highest BCUT2D eigenvalue weighted by Gasteiger charge is 2.32. The predicted octanol–water partition coefficient (Wildman–Crippen LogP) is 2.79. The number of aryl methyl sites for hydroxylation is 1. The SMILES string of the molecule is NC(=O)c1c(NC(=O)CN2CC[C@H]3CCCC[C@H]3C2)sc2c1CCC2. The smallest absolute Gasteiger partial charge is 0.251 e. The number of nitrogens with one attached hydrogen (secondary N) is 1. The van der Waals surface area contributed by atoms with Gasteiger partial charge in [-0.3, -0.25) is 14.5 Å². The van der Waals surface area contributed by atoms with Crippen LogP contribution in [0.2, 0.25) is 0 Å². The molecule has 1 saturated carbocycles. The molecule has 0 aromatic carbocycles. The van der Waals surface area contributed by atoms with Gasteiger partial charge >= 0.3 is 0 Å². The Hall–Kier alpha value is -1.40. The minimum absolute atomic E-state index is 0.0170. The molecule has 1 saturated heterocycles. The fraction of sp³-hybridized carbons (Fsp3) is 0.684. The summed E-state index contributed by atoms with van der Waals surface area (Å²) in [4.78, 5) is 27.9. The molecule has 1 aromatic heterocycles. The van der Waals surface area contributed by atoms with Gasteiger partial charge in [-0.25, -0.2) is 0 Å². The van der Waals surface area contributed by atoms with E-state index in [0.717, 1.165) is 49.8 Å². The number of primary amides is 1. The van der Waals surface area contributed by atoms with Crippen molar-refractivity contribution < 1.29 is 9.59 Å². The molecule has 0 unspecified atom stereocenters. The molecule has 1 aliphatic heterocycles. The molecule has 4 rings (SSSR count). The third-order valence-corrected chi connectivity index (χ3v) is 7.37. The van der Waals surface area contributed by atoms with E-state index in [0.29, 0.717) is 17.1 Å². The summed E-state index contributed by atoms with van der Waals surface area (Å²) in [5.74, 6) is 1.20. The van der Waals surface area contributed by atoms with E-state index in [1.54, 1.807) is 0 Å². The number of nitrogens with two attached hydrogens (primary N) is 1. The average molecular weight is 362 g/mol. The molecule has 3 aliphatic rings. The largest absolute Gasteiger partial charge is 0.365 e. The topological polar surface area (TPSA) is 75.4 Å². The van der Waals surface area contributed by atoms with Crippen molar-refractivity contribution in [1.82, 2.24) is 4.90 Å². The molecule has 5 nitrogen and oxygen atoms in total. The number of hydrogen-bond acceptors (Lipinski definition) is 4. The van der Waals surface area contributed by atoms with Gasteiger partial charge in [-0.1, -0.05) is 19.3 Å². The van der Waals surface area contributed by atoms with Gasteiger partial charge in [-0.05, 0) is 56.0 Å². The number of thiophene rings is 1. The Kier molecular flexibility index (Phi) is 4.82. The Labute approximate surface area is 153 Å². The summed E-state index contributed by atoms with van der Waals surface area (Å²) in [6.07, 6.45) is 9.58. The fourth-order valence-electron chi connectivity index (χ4n) is 4.94. The Morgan fingerprint density at radius 2 is 1.92 bits per heavy atom. The Balaban J connectivity index is 1.39. The van der Waals surface area contributed by atoms with Crippen molar-refractivity contribution in [3.63, 3.8) is 0 Å². The normalized spacial score (nSPS) is 26.1. The molecule has 25 heavy (non-hydrogen) atoms. The van der Waals surface area contributed by atoms with Gasteiger partial charge in [0.25, 0.3) is 5.91 Å². The highest BCUT2D eigenvalue weighted by Crippen LogP contribution is 2.39. The van der Waals surface area contributed by atoms with E-state index >= 15 is 0 Å². The van der Waals surface area contributed by atoms with Crippen molar-refractivity contribution in [2.75, 3.05) is 25.0 Å². The molecule has 6 heteroatoms. The van der Waals surface area contributed by atoms with Gasteiger partial charge in [0, 0.05) is 11.4 Å². The lowest BCUT2D eigenvalue weighted by molar-refractivity contribution is -0.118. The first-order chi connectivity index (χ1) is 12.1. The van der Waals surface area contributed by atoms with Gasteiger partial charge in [-0.2, -0.15) is 0 Å². The van der Waals surface area contributed by atoms with Crippen molar-refractivity contribution in [2.45, 2.75) is 51.4 Å². The molecule has 2 heterocycles. The van der Waals surface area contributed by atoms with Crippen LogP contribution in [0.4, 0.5) is 5.00 Å². The van der Waals surface area contributed by atoms with E-state index in [2.05, 4.69) is 10.2 Å². The average Bonchev–Trinajstić information content (AvgIpc) is 3.14. The van der Waals surface area contributed by atoms with E-state index in [9.17, 15) is 9.59 Å². The lowest BCUT2D eigenvalue weighted by Gasteiger charge is -2.41. The number of amides is 2. The van der Waals surface area contributed by atoms with Crippen LogP contribution in [-0.4, -0.2) is 36.3 Å². The predicted molar refractivity (Wildman–Crippen MR) is 100.0 cm³/mol. The van der Waals surface area contributed by atoms with Crippen LogP contribution in [0.15, 0.2) is 0 Å². The summed E-state index contributed by atoms with van der Waals surface area (Å²) in [7, 11) is 0. The van der Waals surface area contributed by atoms with Gasteiger partial charge in [0.1, 0.15) is 5.00 Å². The van der Waals surface area contributed by atoms with Gasteiger partial charge < -0.3 is 11.1 Å². The maximum Gasteiger partial charge on any atom is 0.251 e. The number of hydrogen-bond donors (Lipinski definition) is 2. The zero-order valence-electron chi connectivity index (χ0n) is 14.7. The van der Waals surface area contributed by atoms with Crippen LogP contribution in [0, 0.1) is 11.8 Å². The number of likely N-dealkylation sites (tertiary alicyclic amines) is 1. The molecule has 2 amide bonds. The van der Waals surface area contributed by atoms with E-state index < -0.39 is 5.91 Å². The van der Waals surface area contributed by atoms with E-state index in [4.69, 9.17) is 5.73 Å². The zero-order valence-corrected chi connectivity index (χ0v) is 15.5. The minimum atomic E-state index is -0.419. The maximum atomic E-state index is 12.5. The quantitative estimate of drug-likeness (QED) is 0.866. The second-order valence-corrected chi connectivity index (χ2v) is 8.91. The molecule has 136 valence electrons. The van der Waals surface area contributed by atoms with Gasteiger partial charge in [0.2, 0.25) is 5.91 Å². The third kappa shape index (κ3) is 3.47. The van der Waals surface area contributed by atoms with Crippen LogP contribution >= 0.6 is 11.3 Å². The van der Waals surface area contributed by atoms with Gasteiger partial charge in [-0.15, -0.1) is 11.3 Å². The van der Waals surface area contributed by atoms with Crippen LogP contribution < -0.4 is 11.1 Å². The molecule has 2 aliphatic carbocycles. The molecule has 2 fully saturated rings. The van der Waals surface area contributed by atoms with Crippen molar-refractivity contribution in [3.05, 3.63) is 16.0 Å². The lowest BCUT2D eigenvalue weighted by Crippen LogP contribution is -2.44. The van der Waals surface area contributed by atoms with Crippen molar-refractivity contribution in [3.8, 4) is 0 Å². The Morgan fingerprint density at radius 3 is 2.72 bits per heavy atom. The number of anilines is 1. The number of carbonyl (C=O) groups is 2. The summed E-state index contributed by atoms with van der Waals surface area (Å²) >= 11 is 1.53. The molecular formula is C19H27N3O2S. The summed E-state index contributed by atoms with van der Waals surface area (Å²) in [6.45, 7) is 2.48. The number of carbonyl (C=O) groups excluding carboxylic acids is 2. The minimum Gasteiger partial charge on any atom is -0.365 e. The second-order valence-electron chi connectivity index (χ2n) is 7.80. The molecule has 3 N–H and O–H groups in total. The highest BCUT2D eigenvalue weighted by atomic mass is 32.1. The summed E-state index contributed by atoms with van der Waals surface area (Å²) in [6, 6.07) is 0. The number of piperidine rings is 1. The zero-order chi connectivity index (χ0) is 17.4. The third-order valence-electron chi connectivity index (χ3n) is 6.16. The van der Waals surface area contributed by atoms with Crippen LogP contribution in [0.25, 0.3) is 0 Å². The molecule has 0 bridgehead atoms. The molecule has 1 aromatic rings. The Bertz CT molecular complexity index is 684. The van der Waals surface area contributed by atoms with Gasteiger partial charge in [0.05, 0.1) is 12.1 Å². The number of rotatable bonds is 4. The Morgan fingerprint density at radius 1 is 1.12 bits per heavy atom. The first-order valence-electron chi connectivity index (χ1n) is 9.58. The van der Waals surface area contributed by atoms with Crippen LogP contribution in [0.1, 0.15) is 59.3 Å². The molecule has 2 atom stereocenters. The standard InChI is InChI=1S/C19H27N3O2S/c20-18(24)17-14-6-3-7-15(14)25-19(17)21-16(23)11-22-9-8-12-4-1-2-5-13(12)10-22/h12-13H,1-11H2,(H2,20,24)(H,21,23)/t12-,13+/m1/s1. The van der Waals surface area contributed by atoms with E-state index in [1.165, 1.54) is 48.3 Å². The van der Waals surface area contributed by atoms with Crippen molar-refractivity contribution >= 4 is 28.2 Å². The summed E-state index contributed by atoms with van der Waals surface area (Å²) in [5.41, 5.74) is 7.19. The van der Waals surface area contributed by atoms with Crippen LogP contribution in [-0.2, 0) is 17.6 Å². The lowest BCUT2D eigenvalue weighted by atomic mass is 9.75. The highest BCUT2D eigenvalue weighted by molar-refractivity contribution is 7.17. The maximum absolute atomic E-state index is 12.5. The van der Waals surface area contributed by atoms with E-state index in [1.807, 2.05) is 0 Å². The number of fused-ring (bicyclic) bond motifs is 2. The second kappa shape index (κ2) is 7.08. The fourth-order valence-corrected chi connectivity index (χ4v) is 6.25. The monoisotopic (exact) mass is 361 g/mol. The summed E-state index contributed by atoms with van der Waals surface area (Å²) in [5, 5.41) is 3.64. The number of nitrogens with zero attached hydrogens (tertiary/aromatic N) is 1. The van der Waals surface area contributed by atoms with Crippen molar-refractivity contribution in [2.24, 2.45) is 17.6 Å². The molecule has 0 spiro atoms. The van der Waals surface area contributed by atoms with Gasteiger partial charge in [0.15, 0.2) is 0 Å².